The van der Waals surface area contributed by atoms with Crippen LogP contribution in [0.3, 0.4) is 0 Å². The van der Waals surface area contributed by atoms with Crippen molar-refractivity contribution >= 4 is 0 Å². The molecular weight excluding hydrogens is 158 g/mol. The molecule has 0 unspecified atom stereocenters. The van der Waals surface area contributed by atoms with Crippen molar-refractivity contribution < 1.29 is 0 Å². The molecule has 0 aromatic rings. The third-order valence-corrected chi connectivity index (χ3v) is 1.78. The first-order chi connectivity index (χ1) is 6.33. The maximum atomic E-state index is 3.52. The summed E-state index contributed by atoms with van der Waals surface area (Å²) in [6, 6.07) is 0. The molecule has 0 rings (SSSR count). The van der Waals surface area contributed by atoms with Gasteiger partial charge in [-0.1, -0.05) is 59.5 Å². The minimum atomic E-state index is 1.07. The number of unbranched alkanes of at least 4 members (excludes halogenated alkanes) is 4. The van der Waals surface area contributed by atoms with Crippen LogP contribution < -0.4 is 5.32 Å². The molecule has 0 fully saturated rings. The predicted molar refractivity (Wildman–Crippen MR) is 62.9 cm³/mol. The Labute approximate surface area is 84.6 Å². The molecule has 0 aliphatic heterocycles. The molecule has 0 saturated carbocycles. The molecule has 0 amide bonds. The first-order valence-electron chi connectivity index (χ1n) is 5.67. The number of hydrogen-bond acceptors (Lipinski definition) is 1. The van der Waals surface area contributed by atoms with Crippen LogP contribution >= 0.6 is 0 Å². The predicted octanol–water partition coefficient (Wildman–Crippen LogP) is 4.11. The van der Waals surface area contributed by atoms with Gasteiger partial charge in [0.1, 0.15) is 0 Å². The Kier molecular flexibility index (Phi) is 20.3. The molecule has 13 heavy (non-hydrogen) atoms. The monoisotopic (exact) mass is 185 g/mol. The van der Waals surface area contributed by atoms with Gasteiger partial charge in [0.25, 0.3) is 0 Å². The van der Waals surface area contributed by atoms with Gasteiger partial charge in [-0.2, -0.15) is 0 Å². The lowest BCUT2D eigenvalue weighted by Crippen LogP contribution is -2.04. The van der Waals surface area contributed by atoms with Gasteiger partial charge in [-0.25, -0.2) is 0 Å². The number of rotatable bonds is 7. The number of hydrogen-bond donors (Lipinski definition) is 1. The molecule has 0 spiro atoms. The minimum absolute atomic E-state index is 1.07. The molecule has 0 aliphatic rings. The molecule has 0 saturated heterocycles. The zero-order valence-corrected chi connectivity index (χ0v) is 9.73. The largest absolute Gasteiger partial charge is 0.391 e. The van der Waals surface area contributed by atoms with E-state index in [4.69, 9.17) is 0 Å². The molecule has 0 aliphatic carbocycles. The Hall–Kier alpha value is -0.460. The minimum Gasteiger partial charge on any atom is -0.391 e. The summed E-state index contributed by atoms with van der Waals surface area (Å²) in [6.45, 7) is 11.2. The normalized spacial score (nSPS) is 8.54. The van der Waals surface area contributed by atoms with E-state index in [-0.39, 0.29) is 0 Å². The molecule has 80 valence electrons. The molecule has 0 bridgehead atoms. The second-order valence-electron chi connectivity index (χ2n) is 3.22. The van der Waals surface area contributed by atoms with Gasteiger partial charge in [0.05, 0.1) is 0 Å². The van der Waals surface area contributed by atoms with E-state index >= 15 is 0 Å². The first-order valence-corrected chi connectivity index (χ1v) is 5.67. The van der Waals surface area contributed by atoms with Crippen LogP contribution in [0.15, 0.2) is 12.8 Å². The third-order valence-electron chi connectivity index (χ3n) is 1.78. The Balaban J connectivity index is 0. The Morgan fingerprint density at radius 1 is 0.923 bits per heavy atom. The van der Waals surface area contributed by atoms with Gasteiger partial charge in [-0.3, -0.25) is 0 Å². The van der Waals surface area contributed by atoms with Crippen LogP contribution in [0.5, 0.6) is 0 Å². The smallest absolute Gasteiger partial charge is 0.0141 e. The Morgan fingerprint density at radius 2 is 1.38 bits per heavy atom. The lowest BCUT2D eigenvalue weighted by molar-refractivity contribution is 0.702. The zero-order chi connectivity index (χ0) is 10.4. The van der Waals surface area contributed by atoms with Gasteiger partial charge in [-0.15, -0.1) is 0 Å². The average Bonchev–Trinajstić information content (AvgIpc) is 2.17. The lowest BCUT2D eigenvalue weighted by atomic mass is 10.2. The third kappa shape index (κ3) is 24.6. The molecule has 1 nitrogen and oxygen atoms in total. The molecular formula is C12H27N. The summed E-state index contributed by atoms with van der Waals surface area (Å²) in [6.07, 6.45) is 9.76. The van der Waals surface area contributed by atoms with Gasteiger partial charge in [0.15, 0.2) is 0 Å². The van der Waals surface area contributed by atoms with Crippen molar-refractivity contribution in [3.8, 4) is 0 Å². The van der Waals surface area contributed by atoms with Crippen LogP contribution in [0.25, 0.3) is 0 Å². The van der Waals surface area contributed by atoms with Crippen molar-refractivity contribution in [2.75, 3.05) is 6.54 Å². The van der Waals surface area contributed by atoms with Crippen LogP contribution in [-0.2, 0) is 0 Å². The van der Waals surface area contributed by atoms with Gasteiger partial charge >= 0.3 is 0 Å². The highest BCUT2D eigenvalue weighted by molar-refractivity contribution is 4.61. The highest BCUT2D eigenvalue weighted by Gasteiger charge is 1.75. The Bertz CT molecular complexity index is 75.2. The summed E-state index contributed by atoms with van der Waals surface area (Å²) < 4.78 is 0. The van der Waals surface area contributed by atoms with E-state index in [1.165, 1.54) is 38.5 Å². The highest BCUT2D eigenvalue weighted by Crippen LogP contribution is 1.95. The van der Waals surface area contributed by atoms with Gasteiger partial charge in [0.2, 0.25) is 0 Å². The second-order valence-corrected chi connectivity index (χ2v) is 3.22. The molecule has 0 atom stereocenters. The van der Waals surface area contributed by atoms with E-state index in [2.05, 4.69) is 32.7 Å². The van der Waals surface area contributed by atoms with Crippen molar-refractivity contribution in [2.24, 2.45) is 0 Å². The van der Waals surface area contributed by atoms with Crippen LogP contribution in [0.1, 0.15) is 59.3 Å². The number of nitrogens with one attached hydrogen (secondary N) is 1. The zero-order valence-electron chi connectivity index (χ0n) is 9.73. The van der Waals surface area contributed by atoms with Gasteiger partial charge in [0, 0.05) is 6.54 Å². The second kappa shape index (κ2) is 17.6. The fourth-order valence-electron chi connectivity index (χ4n) is 0.881. The van der Waals surface area contributed by atoms with E-state index in [1.807, 2.05) is 0 Å². The quantitative estimate of drug-likeness (QED) is 0.589. The van der Waals surface area contributed by atoms with Gasteiger partial charge in [-0.05, 0) is 12.6 Å². The van der Waals surface area contributed by atoms with E-state index in [0.717, 1.165) is 6.54 Å². The van der Waals surface area contributed by atoms with Crippen LogP contribution in [0.4, 0.5) is 0 Å². The highest BCUT2D eigenvalue weighted by atomic mass is 14.8. The summed E-state index contributed by atoms with van der Waals surface area (Å²) in [5.41, 5.74) is 0. The maximum Gasteiger partial charge on any atom is 0.0141 e. The van der Waals surface area contributed by atoms with E-state index < -0.39 is 0 Å². The van der Waals surface area contributed by atoms with Crippen molar-refractivity contribution in [1.82, 2.24) is 5.32 Å². The molecule has 1 heteroatoms. The van der Waals surface area contributed by atoms with E-state index in [1.54, 1.807) is 6.20 Å². The average molecular weight is 185 g/mol. The summed E-state index contributed by atoms with van der Waals surface area (Å²) in [5.74, 6) is 0. The molecule has 1 N–H and O–H groups in total. The Morgan fingerprint density at radius 3 is 1.69 bits per heavy atom. The SMILES string of the molecule is C=CNCCCC.CCCCCC. The first kappa shape index (κ1) is 15.0. The lowest BCUT2D eigenvalue weighted by Gasteiger charge is -1.93. The fraction of sp³-hybridized carbons (Fsp3) is 0.833. The topological polar surface area (TPSA) is 12.0 Å². The van der Waals surface area contributed by atoms with Crippen molar-refractivity contribution in [3.05, 3.63) is 12.8 Å². The fourth-order valence-corrected chi connectivity index (χ4v) is 0.881. The van der Waals surface area contributed by atoms with E-state index in [0.29, 0.717) is 0 Å². The summed E-state index contributed by atoms with van der Waals surface area (Å²) in [7, 11) is 0. The summed E-state index contributed by atoms with van der Waals surface area (Å²) in [5, 5.41) is 3.01. The standard InChI is InChI=1S/C6H13N.C6H14/c1-3-5-6-7-4-2;1-3-5-6-4-2/h4,7H,2-3,5-6H2,1H3;3-6H2,1-2H3. The van der Waals surface area contributed by atoms with Crippen LogP contribution in [-0.4, -0.2) is 6.54 Å². The van der Waals surface area contributed by atoms with Crippen molar-refractivity contribution in [2.45, 2.75) is 59.3 Å². The molecule has 0 aromatic heterocycles. The van der Waals surface area contributed by atoms with Crippen LogP contribution in [0.2, 0.25) is 0 Å². The molecule has 0 aromatic carbocycles. The molecule has 0 heterocycles. The van der Waals surface area contributed by atoms with Gasteiger partial charge < -0.3 is 5.32 Å². The summed E-state index contributed by atoms with van der Waals surface area (Å²) >= 11 is 0. The van der Waals surface area contributed by atoms with E-state index in [9.17, 15) is 0 Å². The van der Waals surface area contributed by atoms with Crippen molar-refractivity contribution in [1.29, 1.82) is 0 Å². The summed E-state index contributed by atoms with van der Waals surface area (Å²) in [4.78, 5) is 0. The van der Waals surface area contributed by atoms with Crippen LogP contribution in [0, 0.1) is 0 Å². The molecule has 0 radical (unpaired) electrons. The van der Waals surface area contributed by atoms with Crippen molar-refractivity contribution in [3.63, 3.8) is 0 Å². The maximum absolute atomic E-state index is 3.52.